The summed E-state index contributed by atoms with van der Waals surface area (Å²) in [5.74, 6) is 1.61. The van der Waals surface area contributed by atoms with E-state index in [1.807, 2.05) is 7.05 Å². The number of nitrogens with one attached hydrogen (secondary N) is 2. The van der Waals surface area contributed by atoms with Gasteiger partial charge in [-0.1, -0.05) is 31.2 Å². The summed E-state index contributed by atoms with van der Waals surface area (Å²) in [6.07, 6.45) is 2.61. The number of hydrogen-bond donors (Lipinski definition) is 2. The molecule has 0 bridgehead atoms. The van der Waals surface area contributed by atoms with Crippen molar-refractivity contribution in [2.45, 2.75) is 25.9 Å². The van der Waals surface area contributed by atoms with E-state index in [0.29, 0.717) is 6.54 Å². The molecule has 0 aliphatic rings. The number of aromatic nitrogens is 3. The molecule has 7 nitrogen and oxygen atoms in total. The van der Waals surface area contributed by atoms with E-state index in [-0.39, 0.29) is 6.04 Å². The highest BCUT2D eigenvalue weighted by Crippen LogP contribution is 2.18. The molecule has 1 atom stereocenters. The third-order valence-corrected chi connectivity index (χ3v) is 4.30. The van der Waals surface area contributed by atoms with Crippen molar-refractivity contribution < 1.29 is 0 Å². The standard InChI is InChI=1S/C18H29N7/c1-6-14-7-9-15(10-8-14)16(24(3)4)11-20-18(19-2)21-12-17-22-13-23-25(17)5/h7-10,13,16H,6,11-12H2,1-5H3,(H2,19,20,21). The normalized spacial score (nSPS) is 13.1. The van der Waals surface area contributed by atoms with Crippen molar-refractivity contribution in [2.75, 3.05) is 27.7 Å². The van der Waals surface area contributed by atoms with E-state index < -0.39 is 0 Å². The number of hydrogen-bond acceptors (Lipinski definition) is 4. The summed E-state index contributed by atoms with van der Waals surface area (Å²) >= 11 is 0. The predicted molar refractivity (Wildman–Crippen MR) is 101 cm³/mol. The van der Waals surface area contributed by atoms with Crippen molar-refractivity contribution >= 4 is 5.96 Å². The largest absolute Gasteiger partial charge is 0.354 e. The Kier molecular flexibility index (Phi) is 6.94. The fourth-order valence-electron chi connectivity index (χ4n) is 2.63. The van der Waals surface area contributed by atoms with Gasteiger partial charge in [0.1, 0.15) is 12.2 Å². The van der Waals surface area contributed by atoms with Gasteiger partial charge < -0.3 is 15.5 Å². The average molecular weight is 343 g/mol. The van der Waals surface area contributed by atoms with Crippen molar-refractivity contribution in [3.8, 4) is 0 Å². The Morgan fingerprint density at radius 2 is 1.96 bits per heavy atom. The fraction of sp³-hybridized carbons (Fsp3) is 0.500. The van der Waals surface area contributed by atoms with Crippen LogP contribution in [0.1, 0.15) is 29.9 Å². The quantitative estimate of drug-likeness (QED) is 0.586. The smallest absolute Gasteiger partial charge is 0.191 e. The Balaban J connectivity index is 1.95. The van der Waals surface area contributed by atoms with Crippen LogP contribution < -0.4 is 10.6 Å². The summed E-state index contributed by atoms with van der Waals surface area (Å²) in [5.41, 5.74) is 2.65. The van der Waals surface area contributed by atoms with E-state index in [0.717, 1.165) is 24.7 Å². The first-order valence-electron chi connectivity index (χ1n) is 8.57. The Morgan fingerprint density at radius 1 is 1.24 bits per heavy atom. The van der Waals surface area contributed by atoms with Gasteiger partial charge in [-0.05, 0) is 31.6 Å². The highest BCUT2D eigenvalue weighted by Gasteiger charge is 2.14. The van der Waals surface area contributed by atoms with Gasteiger partial charge in [0.2, 0.25) is 0 Å². The highest BCUT2D eigenvalue weighted by atomic mass is 15.3. The van der Waals surface area contributed by atoms with Gasteiger partial charge in [0.25, 0.3) is 0 Å². The van der Waals surface area contributed by atoms with Gasteiger partial charge in [0.05, 0.1) is 12.6 Å². The van der Waals surface area contributed by atoms with Crippen molar-refractivity contribution in [3.63, 3.8) is 0 Å². The summed E-state index contributed by atoms with van der Waals surface area (Å²) < 4.78 is 1.75. The van der Waals surface area contributed by atoms with Crippen LogP contribution in [0.4, 0.5) is 0 Å². The maximum absolute atomic E-state index is 4.29. The molecular weight excluding hydrogens is 314 g/mol. The summed E-state index contributed by atoms with van der Waals surface area (Å²) in [4.78, 5) is 10.7. The summed E-state index contributed by atoms with van der Waals surface area (Å²) in [6, 6.07) is 9.08. The first-order chi connectivity index (χ1) is 12.0. The molecule has 2 rings (SSSR count). The van der Waals surface area contributed by atoms with Crippen LogP contribution in [0.2, 0.25) is 0 Å². The number of guanidine groups is 1. The molecule has 1 unspecified atom stereocenters. The number of aryl methyl sites for hydroxylation is 2. The van der Waals surface area contributed by atoms with E-state index >= 15 is 0 Å². The van der Waals surface area contributed by atoms with Gasteiger partial charge in [-0.25, -0.2) is 4.98 Å². The minimum Gasteiger partial charge on any atom is -0.354 e. The molecule has 2 N–H and O–H groups in total. The third kappa shape index (κ3) is 5.29. The van der Waals surface area contributed by atoms with Gasteiger partial charge in [0.15, 0.2) is 5.96 Å². The zero-order valence-corrected chi connectivity index (χ0v) is 15.8. The van der Waals surface area contributed by atoms with Crippen LogP contribution in [0.5, 0.6) is 0 Å². The van der Waals surface area contributed by atoms with Crippen LogP contribution in [0.3, 0.4) is 0 Å². The van der Waals surface area contributed by atoms with Crippen molar-refractivity contribution in [1.29, 1.82) is 0 Å². The van der Waals surface area contributed by atoms with E-state index in [1.54, 1.807) is 18.1 Å². The molecule has 0 amide bonds. The Labute approximate surface area is 150 Å². The van der Waals surface area contributed by atoms with Crippen molar-refractivity contribution in [1.82, 2.24) is 30.3 Å². The maximum Gasteiger partial charge on any atom is 0.191 e. The lowest BCUT2D eigenvalue weighted by molar-refractivity contribution is 0.298. The monoisotopic (exact) mass is 343 g/mol. The average Bonchev–Trinajstić information content (AvgIpc) is 3.03. The van der Waals surface area contributed by atoms with Crippen LogP contribution >= 0.6 is 0 Å². The van der Waals surface area contributed by atoms with Crippen LogP contribution in [0.25, 0.3) is 0 Å². The van der Waals surface area contributed by atoms with Gasteiger partial charge in [-0.3, -0.25) is 9.67 Å². The number of likely N-dealkylation sites (N-methyl/N-ethyl adjacent to an activating group) is 1. The molecule has 25 heavy (non-hydrogen) atoms. The maximum atomic E-state index is 4.29. The molecule has 0 saturated carbocycles. The zero-order valence-electron chi connectivity index (χ0n) is 15.8. The second-order valence-corrected chi connectivity index (χ2v) is 6.18. The molecular formula is C18H29N7. The van der Waals surface area contributed by atoms with Gasteiger partial charge in [0, 0.05) is 20.6 Å². The SMILES string of the molecule is CCc1ccc(C(CNC(=NC)NCc2ncnn2C)N(C)C)cc1. The fourth-order valence-corrected chi connectivity index (χ4v) is 2.63. The van der Waals surface area contributed by atoms with E-state index in [4.69, 9.17) is 0 Å². The van der Waals surface area contributed by atoms with Gasteiger partial charge >= 0.3 is 0 Å². The summed E-state index contributed by atoms with van der Waals surface area (Å²) in [7, 11) is 7.83. The summed E-state index contributed by atoms with van der Waals surface area (Å²) in [5, 5.41) is 10.7. The third-order valence-electron chi connectivity index (χ3n) is 4.30. The predicted octanol–water partition coefficient (Wildman–Crippen LogP) is 1.35. The lowest BCUT2D eigenvalue weighted by Gasteiger charge is -2.26. The van der Waals surface area contributed by atoms with E-state index in [2.05, 4.69) is 75.9 Å². The lowest BCUT2D eigenvalue weighted by Crippen LogP contribution is -2.41. The van der Waals surface area contributed by atoms with Crippen LogP contribution in [-0.4, -0.2) is 53.3 Å². The van der Waals surface area contributed by atoms with Crippen LogP contribution in [0, 0.1) is 0 Å². The topological polar surface area (TPSA) is 70.4 Å². The van der Waals surface area contributed by atoms with E-state index in [1.165, 1.54) is 11.1 Å². The Bertz CT molecular complexity index is 673. The molecule has 0 fully saturated rings. The molecule has 0 spiro atoms. The second kappa shape index (κ2) is 9.17. The molecule has 1 heterocycles. The molecule has 0 aliphatic carbocycles. The number of benzene rings is 1. The molecule has 7 heteroatoms. The first-order valence-corrected chi connectivity index (χ1v) is 8.57. The lowest BCUT2D eigenvalue weighted by atomic mass is 10.0. The molecule has 0 saturated heterocycles. The number of rotatable bonds is 7. The minimum atomic E-state index is 0.263. The van der Waals surface area contributed by atoms with Gasteiger partial charge in [-0.15, -0.1) is 0 Å². The first kappa shape index (κ1) is 18.9. The molecule has 136 valence electrons. The molecule has 0 aliphatic heterocycles. The number of aliphatic imine (C=N–C) groups is 1. The zero-order chi connectivity index (χ0) is 18.2. The van der Waals surface area contributed by atoms with Crippen LogP contribution in [0.15, 0.2) is 35.6 Å². The molecule has 2 aromatic rings. The second-order valence-electron chi connectivity index (χ2n) is 6.18. The highest BCUT2D eigenvalue weighted by molar-refractivity contribution is 5.79. The van der Waals surface area contributed by atoms with E-state index in [9.17, 15) is 0 Å². The molecule has 0 radical (unpaired) electrons. The minimum absolute atomic E-state index is 0.263. The molecule has 1 aromatic heterocycles. The van der Waals surface area contributed by atoms with Crippen molar-refractivity contribution in [3.05, 3.63) is 47.5 Å². The molecule has 1 aromatic carbocycles. The Morgan fingerprint density at radius 3 is 2.48 bits per heavy atom. The van der Waals surface area contributed by atoms with Crippen LogP contribution in [-0.2, 0) is 20.0 Å². The Hall–Kier alpha value is -2.41. The van der Waals surface area contributed by atoms with Crippen molar-refractivity contribution in [2.24, 2.45) is 12.0 Å². The van der Waals surface area contributed by atoms with Gasteiger partial charge in [-0.2, -0.15) is 5.10 Å². The summed E-state index contributed by atoms with van der Waals surface area (Å²) in [6.45, 7) is 3.51. The number of nitrogens with zero attached hydrogens (tertiary/aromatic N) is 5.